The molecule has 220 valence electrons. The summed E-state index contributed by atoms with van der Waals surface area (Å²) in [6.45, 7) is 7.25. The van der Waals surface area contributed by atoms with Crippen molar-refractivity contribution in [2.45, 2.75) is 46.1 Å². The van der Waals surface area contributed by atoms with Gasteiger partial charge in [-0.2, -0.15) is 0 Å². The van der Waals surface area contributed by atoms with E-state index in [0.717, 1.165) is 83.3 Å². The number of aryl methyl sites for hydroxylation is 2. The van der Waals surface area contributed by atoms with Gasteiger partial charge in [0, 0.05) is 48.6 Å². The Kier molecular flexibility index (Phi) is 6.58. The first-order chi connectivity index (χ1) is 20.3. The van der Waals surface area contributed by atoms with E-state index in [1.807, 2.05) is 54.5 Å². The monoisotopic (exact) mass is 587 g/mol. The maximum atomic E-state index is 13.0. The highest BCUT2D eigenvalue weighted by Crippen LogP contribution is 2.82. The number of amides is 1. The Hall–Kier alpha value is -3.43. The molecule has 2 aromatic carbocycles. The van der Waals surface area contributed by atoms with Crippen LogP contribution in [-0.4, -0.2) is 64.8 Å². The fourth-order valence-corrected chi connectivity index (χ4v) is 8.83. The number of carboxylic acids is 1. The van der Waals surface area contributed by atoms with Crippen molar-refractivity contribution in [1.29, 1.82) is 0 Å². The Morgan fingerprint density at radius 3 is 2.64 bits per heavy atom. The van der Waals surface area contributed by atoms with E-state index in [4.69, 9.17) is 9.72 Å². The molecule has 2 aliphatic heterocycles. The van der Waals surface area contributed by atoms with E-state index in [-0.39, 0.29) is 29.8 Å². The Morgan fingerprint density at radius 2 is 1.90 bits per heavy atom. The molecule has 2 aliphatic carbocycles. The maximum Gasteiger partial charge on any atom is 0.312 e. The number of carbonyl (C=O) groups excluding carboxylic acids is 1. The Bertz CT molecular complexity index is 1560. The van der Waals surface area contributed by atoms with Gasteiger partial charge >= 0.3 is 5.97 Å². The van der Waals surface area contributed by atoms with Crippen molar-refractivity contribution in [2.24, 2.45) is 22.7 Å². The SMILES string of the molecule is Cc1ccc(OCc2ccc(C(=O)N3CCCCC3)cc2C)c(-c2csc(N3CC4C5(CC5C4(CO)C(=O)O)C3)n2)c1. The molecule has 4 unspecified atom stereocenters. The van der Waals surface area contributed by atoms with Crippen LogP contribution in [0.3, 0.4) is 0 Å². The summed E-state index contributed by atoms with van der Waals surface area (Å²) >= 11 is 1.57. The number of hydrogen-bond donors (Lipinski definition) is 2. The van der Waals surface area contributed by atoms with Gasteiger partial charge in [0.25, 0.3) is 5.91 Å². The largest absolute Gasteiger partial charge is 0.488 e. The number of aliphatic hydroxyl groups excluding tert-OH is 1. The van der Waals surface area contributed by atoms with Crippen LogP contribution in [0.15, 0.2) is 41.8 Å². The van der Waals surface area contributed by atoms with E-state index >= 15 is 0 Å². The minimum Gasteiger partial charge on any atom is -0.488 e. The summed E-state index contributed by atoms with van der Waals surface area (Å²) in [6.07, 6.45) is 4.22. The van der Waals surface area contributed by atoms with Gasteiger partial charge in [-0.3, -0.25) is 9.59 Å². The highest BCUT2D eigenvalue weighted by atomic mass is 32.1. The van der Waals surface area contributed by atoms with Gasteiger partial charge in [0.2, 0.25) is 0 Å². The van der Waals surface area contributed by atoms with Crippen LogP contribution >= 0.6 is 11.3 Å². The van der Waals surface area contributed by atoms with Crippen molar-refractivity contribution in [1.82, 2.24) is 9.88 Å². The maximum absolute atomic E-state index is 13.0. The summed E-state index contributed by atoms with van der Waals surface area (Å²) in [5.74, 6) is 0.0255. The Labute approximate surface area is 249 Å². The molecule has 9 heteroatoms. The second-order valence-corrected chi connectivity index (χ2v) is 13.6. The lowest BCUT2D eigenvalue weighted by Crippen LogP contribution is -2.56. The van der Waals surface area contributed by atoms with Crippen molar-refractivity contribution >= 4 is 28.3 Å². The number of nitrogens with zero attached hydrogens (tertiary/aromatic N) is 3. The Balaban J connectivity index is 1.06. The Morgan fingerprint density at radius 1 is 1.10 bits per heavy atom. The topological polar surface area (TPSA) is 103 Å². The zero-order chi connectivity index (χ0) is 29.2. The van der Waals surface area contributed by atoms with Gasteiger partial charge in [-0.25, -0.2) is 4.98 Å². The normalized spacial score (nSPS) is 27.7. The summed E-state index contributed by atoms with van der Waals surface area (Å²) < 4.78 is 6.36. The van der Waals surface area contributed by atoms with Crippen LogP contribution in [0, 0.1) is 36.5 Å². The second kappa shape index (κ2) is 10.1. The molecule has 3 heterocycles. The number of hydrogen-bond acceptors (Lipinski definition) is 7. The molecule has 3 aromatic rings. The van der Waals surface area contributed by atoms with Crippen LogP contribution < -0.4 is 9.64 Å². The molecule has 42 heavy (non-hydrogen) atoms. The fraction of sp³-hybridized carbons (Fsp3) is 0.485. The third-order valence-electron chi connectivity index (χ3n) is 10.4. The molecular formula is C33H37N3O5S. The molecule has 0 bridgehead atoms. The average molecular weight is 588 g/mol. The number of anilines is 1. The standard InChI is InChI=1S/C33H37N3O5S/c1-20-6-9-26(41-16-23-8-7-22(13-21(23)2)29(38)35-10-4-3-5-11-35)24(12-20)25-17-42-31(34-25)36-15-28-32(18-36)14-27(32)33(28,19-37)30(39)40/h6-9,12-13,17,27-28,37H,3-5,10-11,14-16,18-19H2,1-2H3,(H,39,40). The van der Waals surface area contributed by atoms with Crippen LogP contribution in [0.4, 0.5) is 5.13 Å². The number of thiazole rings is 1. The lowest BCUT2D eigenvalue weighted by molar-refractivity contribution is -0.172. The number of aromatic nitrogens is 1. The van der Waals surface area contributed by atoms with Gasteiger partial charge in [0.15, 0.2) is 5.13 Å². The lowest BCUT2D eigenvalue weighted by atomic mass is 9.55. The molecule has 2 N–H and O–H groups in total. The highest BCUT2D eigenvalue weighted by Gasteiger charge is 2.85. The van der Waals surface area contributed by atoms with Crippen LogP contribution in [0.25, 0.3) is 11.3 Å². The van der Waals surface area contributed by atoms with Crippen LogP contribution in [0.5, 0.6) is 5.75 Å². The molecule has 1 amide bonds. The first kappa shape index (κ1) is 27.4. The number of carboxylic acid groups (broad SMARTS) is 1. The lowest BCUT2D eigenvalue weighted by Gasteiger charge is -2.46. The number of likely N-dealkylation sites (tertiary alicyclic amines) is 1. The quantitative estimate of drug-likeness (QED) is 0.376. The molecule has 4 fully saturated rings. The number of ether oxygens (including phenoxy) is 1. The van der Waals surface area contributed by atoms with Crippen molar-refractivity contribution in [3.8, 4) is 17.0 Å². The molecule has 1 aromatic heterocycles. The summed E-state index contributed by atoms with van der Waals surface area (Å²) in [6, 6.07) is 12.0. The van der Waals surface area contributed by atoms with Gasteiger partial charge in [0.1, 0.15) is 12.4 Å². The smallest absolute Gasteiger partial charge is 0.312 e. The summed E-state index contributed by atoms with van der Waals surface area (Å²) in [4.78, 5) is 34.2. The van der Waals surface area contributed by atoms with E-state index in [0.29, 0.717) is 13.2 Å². The van der Waals surface area contributed by atoms with Crippen molar-refractivity contribution in [3.63, 3.8) is 0 Å². The van der Waals surface area contributed by atoms with Gasteiger partial charge in [0.05, 0.1) is 17.7 Å². The molecular weight excluding hydrogens is 550 g/mol. The third-order valence-corrected chi connectivity index (χ3v) is 11.3. The average Bonchev–Trinajstić information content (AvgIpc) is 3.26. The van der Waals surface area contributed by atoms with Crippen LogP contribution in [0.2, 0.25) is 0 Å². The number of benzene rings is 2. The van der Waals surface area contributed by atoms with Crippen molar-refractivity contribution in [3.05, 3.63) is 64.0 Å². The predicted molar refractivity (Wildman–Crippen MR) is 161 cm³/mol. The van der Waals surface area contributed by atoms with Crippen LogP contribution in [0.1, 0.15) is 52.7 Å². The molecule has 2 saturated heterocycles. The first-order valence-electron chi connectivity index (χ1n) is 14.9. The molecule has 4 aliphatic rings. The molecule has 4 atom stereocenters. The first-order valence-corrected chi connectivity index (χ1v) is 15.8. The minimum atomic E-state index is -0.996. The van der Waals surface area contributed by atoms with E-state index in [2.05, 4.69) is 11.0 Å². The van der Waals surface area contributed by atoms with Crippen molar-refractivity contribution in [2.75, 3.05) is 37.7 Å². The van der Waals surface area contributed by atoms with Gasteiger partial charge in [-0.05, 0) is 86.3 Å². The van der Waals surface area contributed by atoms with Gasteiger partial charge in [-0.15, -0.1) is 11.3 Å². The second-order valence-electron chi connectivity index (χ2n) is 12.7. The molecule has 2 saturated carbocycles. The number of rotatable bonds is 8. The number of piperidine rings is 1. The zero-order valence-electron chi connectivity index (χ0n) is 24.1. The molecule has 1 spiro atoms. The third kappa shape index (κ3) is 4.15. The van der Waals surface area contributed by atoms with Gasteiger partial charge in [-0.1, -0.05) is 17.7 Å². The van der Waals surface area contributed by atoms with Gasteiger partial charge < -0.3 is 24.7 Å². The number of aliphatic carboxylic acids is 1. The van der Waals surface area contributed by atoms with E-state index in [9.17, 15) is 19.8 Å². The molecule has 0 radical (unpaired) electrons. The minimum absolute atomic E-state index is 0.0242. The van der Waals surface area contributed by atoms with Crippen LogP contribution in [-0.2, 0) is 11.4 Å². The zero-order valence-corrected chi connectivity index (χ0v) is 25.0. The van der Waals surface area contributed by atoms with Crippen molar-refractivity contribution < 1.29 is 24.5 Å². The fourth-order valence-electron chi connectivity index (χ4n) is 7.99. The molecule has 8 nitrogen and oxygen atoms in total. The summed E-state index contributed by atoms with van der Waals surface area (Å²) in [5, 5.41) is 22.8. The number of carbonyl (C=O) groups is 2. The molecule has 7 rings (SSSR count). The number of aliphatic hydroxyl groups is 1. The van der Waals surface area contributed by atoms with E-state index in [1.54, 1.807) is 11.3 Å². The summed E-state index contributed by atoms with van der Waals surface area (Å²) in [5.41, 5.74) is 4.69. The summed E-state index contributed by atoms with van der Waals surface area (Å²) in [7, 11) is 0. The van der Waals surface area contributed by atoms with E-state index < -0.39 is 11.4 Å². The van der Waals surface area contributed by atoms with E-state index in [1.165, 1.54) is 6.42 Å². The highest BCUT2D eigenvalue weighted by molar-refractivity contribution is 7.14. The predicted octanol–water partition coefficient (Wildman–Crippen LogP) is 5.15.